The molecular formula is C27H24N4S. The third-order valence-electron chi connectivity index (χ3n) is 5.43. The number of hydrogen-bond acceptors (Lipinski definition) is 5. The minimum absolute atomic E-state index is 0.00541. The molecule has 0 spiro atoms. The normalized spacial score (nSPS) is 12.0. The van der Waals surface area contributed by atoms with Crippen LogP contribution in [0.15, 0.2) is 97.3 Å². The molecule has 3 aromatic heterocycles. The maximum atomic E-state index is 6.37. The number of thiophene rings is 1. The summed E-state index contributed by atoms with van der Waals surface area (Å²) in [6, 6.07) is 29.3. The van der Waals surface area contributed by atoms with Crippen molar-refractivity contribution in [2.75, 3.05) is 11.9 Å². The molecule has 4 nitrogen and oxygen atoms in total. The summed E-state index contributed by atoms with van der Waals surface area (Å²) in [7, 11) is 0. The van der Waals surface area contributed by atoms with E-state index in [9.17, 15) is 0 Å². The third kappa shape index (κ3) is 4.54. The largest absolute Gasteiger partial charge is 0.368 e. The van der Waals surface area contributed by atoms with Gasteiger partial charge in [0.25, 0.3) is 0 Å². The molecule has 2 aromatic carbocycles. The molecular weight excluding hydrogens is 412 g/mol. The Bertz CT molecular complexity index is 1280. The third-order valence-corrected chi connectivity index (χ3v) is 6.58. The fourth-order valence-electron chi connectivity index (χ4n) is 3.83. The molecule has 5 heteroatoms. The van der Waals surface area contributed by atoms with Gasteiger partial charge in [-0.2, -0.15) is 0 Å². The number of pyridine rings is 2. The first-order valence-electron chi connectivity index (χ1n) is 10.7. The van der Waals surface area contributed by atoms with Crippen LogP contribution in [0.1, 0.15) is 5.56 Å². The first-order chi connectivity index (χ1) is 15.8. The molecule has 0 bridgehead atoms. The zero-order valence-electron chi connectivity index (χ0n) is 17.6. The van der Waals surface area contributed by atoms with E-state index < -0.39 is 0 Å². The van der Waals surface area contributed by atoms with Gasteiger partial charge in [0, 0.05) is 45.7 Å². The van der Waals surface area contributed by atoms with Crippen LogP contribution in [0.4, 0.5) is 5.82 Å². The molecule has 3 N–H and O–H groups in total. The molecule has 1 atom stereocenters. The number of nitrogens with one attached hydrogen (secondary N) is 1. The Hall–Kier alpha value is -3.54. The monoisotopic (exact) mass is 436 g/mol. The van der Waals surface area contributed by atoms with Gasteiger partial charge in [-0.15, -0.1) is 11.3 Å². The fourth-order valence-corrected chi connectivity index (χ4v) is 4.91. The second-order valence-electron chi connectivity index (χ2n) is 7.81. The van der Waals surface area contributed by atoms with Gasteiger partial charge in [0.2, 0.25) is 0 Å². The highest BCUT2D eigenvalue weighted by atomic mass is 32.1. The maximum absolute atomic E-state index is 6.37. The van der Waals surface area contributed by atoms with Crippen molar-refractivity contribution in [1.82, 2.24) is 9.97 Å². The molecule has 0 fully saturated rings. The van der Waals surface area contributed by atoms with E-state index in [2.05, 4.69) is 58.8 Å². The van der Waals surface area contributed by atoms with Gasteiger partial charge in [0.15, 0.2) is 0 Å². The van der Waals surface area contributed by atoms with Crippen LogP contribution in [0.3, 0.4) is 0 Å². The van der Waals surface area contributed by atoms with Crippen molar-refractivity contribution in [2.45, 2.75) is 12.5 Å². The van der Waals surface area contributed by atoms with Gasteiger partial charge >= 0.3 is 0 Å². The Morgan fingerprint density at radius 3 is 2.47 bits per heavy atom. The average molecular weight is 437 g/mol. The van der Waals surface area contributed by atoms with Gasteiger partial charge in [-0.1, -0.05) is 48.5 Å². The van der Waals surface area contributed by atoms with Crippen molar-refractivity contribution in [1.29, 1.82) is 0 Å². The van der Waals surface area contributed by atoms with Crippen molar-refractivity contribution in [3.63, 3.8) is 0 Å². The van der Waals surface area contributed by atoms with Gasteiger partial charge in [-0.05, 0) is 53.8 Å². The number of fused-ring (bicyclic) bond motifs is 1. The van der Waals surface area contributed by atoms with Crippen LogP contribution in [0, 0.1) is 0 Å². The van der Waals surface area contributed by atoms with E-state index in [1.54, 1.807) is 11.3 Å². The first kappa shape index (κ1) is 20.4. The lowest BCUT2D eigenvalue weighted by Crippen LogP contribution is -2.31. The van der Waals surface area contributed by atoms with Crippen LogP contribution in [-0.4, -0.2) is 22.6 Å². The zero-order valence-corrected chi connectivity index (χ0v) is 18.4. The van der Waals surface area contributed by atoms with Crippen molar-refractivity contribution >= 4 is 27.2 Å². The van der Waals surface area contributed by atoms with E-state index in [4.69, 9.17) is 10.7 Å². The summed E-state index contributed by atoms with van der Waals surface area (Å²) >= 11 is 1.79. The molecule has 158 valence electrons. The second-order valence-corrected chi connectivity index (χ2v) is 8.89. The lowest BCUT2D eigenvalue weighted by molar-refractivity contribution is 0.698. The predicted octanol–water partition coefficient (Wildman–Crippen LogP) is 6.01. The van der Waals surface area contributed by atoms with E-state index in [1.807, 2.05) is 48.8 Å². The van der Waals surface area contributed by atoms with Gasteiger partial charge in [0.05, 0.1) is 5.69 Å². The van der Waals surface area contributed by atoms with Crippen LogP contribution < -0.4 is 11.1 Å². The van der Waals surface area contributed by atoms with Gasteiger partial charge in [-0.25, -0.2) is 4.98 Å². The summed E-state index contributed by atoms with van der Waals surface area (Å²) in [5.41, 5.74) is 10.7. The molecule has 0 aliphatic heterocycles. The Kier molecular flexibility index (Phi) is 5.92. The molecule has 5 rings (SSSR count). The molecule has 0 aliphatic rings. The molecule has 0 aliphatic carbocycles. The zero-order chi connectivity index (χ0) is 21.8. The smallest absolute Gasteiger partial charge is 0.126 e. The van der Waals surface area contributed by atoms with Crippen molar-refractivity contribution in [3.8, 4) is 21.7 Å². The van der Waals surface area contributed by atoms with Crippen LogP contribution in [0.2, 0.25) is 0 Å². The summed E-state index contributed by atoms with van der Waals surface area (Å²) in [5, 5.41) is 4.68. The predicted molar refractivity (Wildman–Crippen MR) is 135 cm³/mol. The Labute approximate surface area is 191 Å². The van der Waals surface area contributed by atoms with Crippen LogP contribution in [0.25, 0.3) is 31.8 Å². The minimum Gasteiger partial charge on any atom is -0.368 e. The number of hydrogen-bond donors (Lipinski definition) is 2. The lowest BCUT2D eigenvalue weighted by atomic mass is 10.0. The highest BCUT2D eigenvalue weighted by Crippen LogP contribution is 2.38. The Balaban J connectivity index is 1.42. The average Bonchev–Trinajstić information content (AvgIpc) is 3.28. The summed E-state index contributed by atoms with van der Waals surface area (Å²) < 4.78 is 1.28. The fraction of sp³-hybridized carbons (Fsp3) is 0.111. The summed E-state index contributed by atoms with van der Waals surface area (Å²) in [6.45, 7) is 0.653. The highest BCUT2D eigenvalue weighted by molar-refractivity contribution is 7.22. The number of aromatic nitrogens is 2. The molecule has 3 heterocycles. The SMILES string of the molecule is N[C@H](CNc1ccc(-c2cc3ccccc3s2)c(-c2ccncc2)n1)Cc1ccccc1. The molecule has 0 amide bonds. The molecule has 5 aromatic rings. The molecule has 0 unspecified atom stereocenters. The number of benzene rings is 2. The number of nitrogens with two attached hydrogens (primary N) is 1. The van der Waals surface area contributed by atoms with Crippen LogP contribution in [0.5, 0.6) is 0 Å². The standard InChI is InChI=1S/C27H24N4S/c28-22(16-19-6-2-1-3-7-19)18-30-26-11-10-23(27(31-26)20-12-14-29-15-13-20)25-17-21-8-4-5-9-24(21)32-25/h1-15,17,22H,16,18,28H2,(H,30,31)/t22-/m0/s1. The molecule has 0 saturated heterocycles. The van der Waals surface area contributed by atoms with E-state index in [0.29, 0.717) is 6.54 Å². The van der Waals surface area contributed by atoms with Crippen LogP contribution in [-0.2, 0) is 6.42 Å². The Morgan fingerprint density at radius 2 is 1.66 bits per heavy atom. The van der Waals surface area contributed by atoms with Crippen molar-refractivity contribution < 1.29 is 0 Å². The van der Waals surface area contributed by atoms with Crippen LogP contribution >= 0.6 is 11.3 Å². The van der Waals surface area contributed by atoms with Gasteiger partial charge in [0.1, 0.15) is 5.82 Å². The summed E-state index contributed by atoms with van der Waals surface area (Å²) in [6.07, 6.45) is 4.44. The van der Waals surface area contributed by atoms with E-state index in [1.165, 1.54) is 20.5 Å². The lowest BCUT2D eigenvalue weighted by Gasteiger charge is -2.15. The topological polar surface area (TPSA) is 63.8 Å². The molecule has 0 saturated carbocycles. The van der Waals surface area contributed by atoms with Gasteiger partial charge < -0.3 is 11.1 Å². The molecule has 32 heavy (non-hydrogen) atoms. The molecule has 0 radical (unpaired) electrons. The maximum Gasteiger partial charge on any atom is 0.126 e. The van der Waals surface area contributed by atoms with E-state index in [0.717, 1.165) is 29.1 Å². The van der Waals surface area contributed by atoms with E-state index in [-0.39, 0.29) is 6.04 Å². The number of nitrogens with zero attached hydrogens (tertiary/aromatic N) is 2. The quantitative estimate of drug-likeness (QED) is 0.328. The first-order valence-corrected chi connectivity index (χ1v) is 11.5. The second kappa shape index (κ2) is 9.30. The van der Waals surface area contributed by atoms with E-state index >= 15 is 0 Å². The van der Waals surface area contributed by atoms with Crippen molar-refractivity contribution in [3.05, 3.63) is 103 Å². The Morgan fingerprint density at radius 1 is 0.875 bits per heavy atom. The number of anilines is 1. The summed E-state index contributed by atoms with van der Waals surface area (Å²) in [4.78, 5) is 10.4. The number of rotatable bonds is 7. The summed E-state index contributed by atoms with van der Waals surface area (Å²) in [5.74, 6) is 0.824. The highest BCUT2D eigenvalue weighted by Gasteiger charge is 2.14. The van der Waals surface area contributed by atoms with Crippen molar-refractivity contribution in [2.24, 2.45) is 5.73 Å². The minimum atomic E-state index is 0.00541. The van der Waals surface area contributed by atoms with Gasteiger partial charge in [-0.3, -0.25) is 4.98 Å².